The minimum Gasteiger partial charge on any atom is -0.311 e. The van der Waals surface area contributed by atoms with Gasteiger partial charge in [0.1, 0.15) is 0 Å². The highest BCUT2D eigenvalue weighted by Crippen LogP contribution is 2.30. The Balaban J connectivity index is 1.97. The molecule has 17 heavy (non-hydrogen) atoms. The van der Waals surface area contributed by atoms with E-state index in [1.165, 1.54) is 45.2 Å². The third kappa shape index (κ3) is 3.23. The van der Waals surface area contributed by atoms with E-state index in [1.54, 1.807) is 0 Å². The minimum atomic E-state index is 0.314. The average molecular weight is 238 g/mol. The van der Waals surface area contributed by atoms with Gasteiger partial charge < -0.3 is 5.32 Å². The van der Waals surface area contributed by atoms with Crippen molar-refractivity contribution in [3.63, 3.8) is 0 Å². The van der Waals surface area contributed by atoms with Crippen LogP contribution in [0.25, 0.3) is 0 Å². The maximum atomic E-state index is 3.80. The second-order valence-electron chi connectivity index (χ2n) is 7.09. The van der Waals surface area contributed by atoms with Crippen molar-refractivity contribution >= 4 is 0 Å². The van der Waals surface area contributed by atoms with Crippen molar-refractivity contribution in [2.45, 2.75) is 77.4 Å². The zero-order valence-corrected chi connectivity index (χ0v) is 12.1. The molecule has 0 aromatic carbocycles. The molecule has 1 heterocycles. The van der Waals surface area contributed by atoms with Gasteiger partial charge in [-0.25, -0.2) is 0 Å². The monoisotopic (exact) mass is 238 g/mol. The van der Waals surface area contributed by atoms with Crippen molar-refractivity contribution in [1.82, 2.24) is 10.2 Å². The maximum absolute atomic E-state index is 3.80. The summed E-state index contributed by atoms with van der Waals surface area (Å²) in [5, 5.41) is 3.80. The van der Waals surface area contributed by atoms with Gasteiger partial charge in [0, 0.05) is 30.7 Å². The fraction of sp³-hybridized carbons (Fsp3) is 1.00. The topological polar surface area (TPSA) is 15.3 Å². The normalized spacial score (nSPS) is 33.9. The van der Waals surface area contributed by atoms with Crippen LogP contribution in [-0.2, 0) is 0 Å². The first-order valence-corrected chi connectivity index (χ1v) is 7.48. The first-order valence-electron chi connectivity index (χ1n) is 7.48. The molecule has 100 valence electrons. The molecule has 0 spiro atoms. The molecule has 1 N–H and O–H groups in total. The van der Waals surface area contributed by atoms with Gasteiger partial charge in [-0.2, -0.15) is 0 Å². The molecule has 2 heteroatoms. The van der Waals surface area contributed by atoms with E-state index in [0.29, 0.717) is 11.6 Å². The highest BCUT2D eigenvalue weighted by atomic mass is 15.3. The van der Waals surface area contributed by atoms with Crippen LogP contribution in [0.1, 0.15) is 59.8 Å². The largest absolute Gasteiger partial charge is 0.311 e. The molecule has 2 fully saturated rings. The minimum absolute atomic E-state index is 0.314. The van der Waals surface area contributed by atoms with Gasteiger partial charge in [0.15, 0.2) is 0 Å². The Morgan fingerprint density at radius 2 is 1.71 bits per heavy atom. The molecule has 0 amide bonds. The Hall–Kier alpha value is -0.0800. The van der Waals surface area contributed by atoms with E-state index >= 15 is 0 Å². The number of nitrogens with one attached hydrogen (secondary N) is 1. The molecule has 1 saturated carbocycles. The van der Waals surface area contributed by atoms with Crippen molar-refractivity contribution in [2.24, 2.45) is 5.92 Å². The van der Waals surface area contributed by atoms with Gasteiger partial charge >= 0.3 is 0 Å². The summed E-state index contributed by atoms with van der Waals surface area (Å²) < 4.78 is 0. The summed E-state index contributed by atoms with van der Waals surface area (Å²) in [6.45, 7) is 11.8. The van der Waals surface area contributed by atoms with Gasteiger partial charge in [0.05, 0.1) is 0 Å². The standard InChI is InChI=1S/C15H30N2/c1-12-10-16-14(11-17(12)15(2,3)4)13-8-6-5-7-9-13/h12-14,16H,5-11H2,1-4H3. The van der Waals surface area contributed by atoms with Crippen LogP contribution < -0.4 is 5.32 Å². The van der Waals surface area contributed by atoms with Crippen molar-refractivity contribution in [3.8, 4) is 0 Å². The average Bonchev–Trinajstić information content (AvgIpc) is 2.29. The SMILES string of the molecule is CC1CNC(C2CCCCC2)CN1C(C)(C)C. The highest BCUT2D eigenvalue weighted by molar-refractivity contribution is 4.93. The van der Waals surface area contributed by atoms with Gasteiger partial charge in [0.2, 0.25) is 0 Å². The molecule has 2 nitrogen and oxygen atoms in total. The van der Waals surface area contributed by atoms with Gasteiger partial charge in [-0.1, -0.05) is 19.3 Å². The number of nitrogens with zero attached hydrogens (tertiary/aromatic N) is 1. The Morgan fingerprint density at radius 3 is 2.29 bits per heavy atom. The summed E-state index contributed by atoms with van der Waals surface area (Å²) in [4.78, 5) is 2.70. The van der Waals surface area contributed by atoms with Gasteiger partial charge in [0.25, 0.3) is 0 Å². The van der Waals surface area contributed by atoms with E-state index in [9.17, 15) is 0 Å². The number of piperazine rings is 1. The third-order valence-electron chi connectivity index (χ3n) is 4.68. The first kappa shape index (κ1) is 13.4. The smallest absolute Gasteiger partial charge is 0.0224 e. The van der Waals surface area contributed by atoms with Crippen LogP contribution in [0, 0.1) is 5.92 Å². The summed E-state index contributed by atoms with van der Waals surface area (Å²) in [5.74, 6) is 0.932. The Kier molecular flexibility index (Phi) is 4.14. The molecule has 1 saturated heterocycles. The van der Waals surface area contributed by atoms with E-state index in [4.69, 9.17) is 0 Å². The quantitative estimate of drug-likeness (QED) is 0.755. The number of rotatable bonds is 1. The highest BCUT2D eigenvalue weighted by Gasteiger charge is 2.35. The van der Waals surface area contributed by atoms with Crippen LogP contribution in [-0.4, -0.2) is 35.6 Å². The lowest BCUT2D eigenvalue weighted by Crippen LogP contribution is -2.62. The van der Waals surface area contributed by atoms with Crippen molar-refractivity contribution < 1.29 is 0 Å². The summed E-state index contributed by atoms with van der Waals surface area (Å²) in [5.41, 5.74) is 0.314. The van der Waals surface area contributed by atoms with Crippen LogP contribution in [0.3, 0.4) is 0 Å². The van der Waals surface area contributed by atoms with E-state index in [2.05, 4.69) is 37.9 Å². The Morgan fingerprint density at radius 1 is 1.06 bits per heavy atom. The van der Waals surface area contributed by atoms with E-state index in [1.807, 2.05) is 0 Å². The van der Waals surface area contributed by atoms with E-state index in [-0.39, 0.29) is 0 Å². The lowest BCUT2D eigenvalue weighted by Gasteiger charge is -2.48. The van der Waals surface area contributed by atoms with Gasteiger partial charge in [-0.05, 0) is 46.5 Å². The molecule has 2 aliphatic rings. The fourth-order valence-electron chi connectivity index (χ4n) is 3.68. The molecule has 2 atom stereocenters. The molecular weight excluding hydrogens is 208 g/mol. The first-order chi connectivity index (χ1) is 7.98. The van der Waals surface area contributed by atoms with Crippen LogP contribution >= 0.6 is 0 Å². The molecule has 1 aliphatic heterocycles. The molecule has 2 rings (SSSR count). The van der Waals surface area contributed by atoms with Gasteiger partial charge in [-0.3, -0.25) is 4.90 Å². The molecule has 0 aromatic heterocycles. The summed E-state index contributed by atoms with van der Waals surface area (Å²) >= 11 is 0. The van der Waals surface area contributed by atoms with Crippen LogP contribution in [0.5, 0.6) is 0 Å². The van der Waals surface area contributed by atoms with Crippen LogP contribution in [0.15, 0.2) is 0 Å². The lowest BCUT2D eigenvalue weighted by molar-refractivity contribution is 0.0316. The number of hydrogen-bond donors (Lipinski definition) is 1. The van der Waals surface area contributed by atoms with Crippen molar-refractivity contribution in [1.29, 1.82) is 0 Å². The predicted molar refractivity (Wildman–Crippen MR) is 74.3 cm³/mol. The molecule has 0 aromatic rings. The molecule has 0 radical (unpaired) electrons. The second kappa shape index (κ2) is 5.27. The zero-order chi connectivity index (χ0) is 12.5. The molecular formula is C15H30N2. The lowest BCUT2D eigenvalue weighted by atomic mass is 9.82. The summed E-state index contributed by atoms with van der Waals surface area (Å²) in [7, 11) is 0. The summed E-state index contributed by atoms with van der Waals surface area (Å²) in [6.07, 6.45) is 7.26. The summed E-state index contributed by atoms with van der Waals surface area (Å²) in [6, 6.07) is 1.42. The molecule has 0 bridgehead atoms. The van der Waals surface area contributed by atoms with E-state index < -0.39 is 0 Å². The fourth-order valence-corrected chi connectivity index (χ4v) is 3.68. The Bertz CT molecular complexity index is 238. The second-order valence-corrected chi connectivity index (χ2v) is 7.09. The number of hydrogen-bond acceptors (Lipinski definition) is 2. The van der Waals surface area contributed by atoms with Crippen molar-refractivity contribution in [2.75, 3.05) is 13.1 Å². The predicted octanol–water partition coefficient (Wildman–Crippen LogP) is 3.03. The molecule has 2 unspecified atom stereocenters. The third-order valence-corrected chi connectivity index (χ3v) is 4.68. The Labute approximate surface area is 107 Å². The van der Waals surface area contributed by atoms with Crippen LogP contribution in [0.4, 0.5) is 0 Å². The van der Waals surface area contributed by atoms with Gasteiger partial charge in [-0.15, -0.1) is 0 Å². The molecule has 1 aliphatic carbocycles. The zero-order valence-electron chi connectivity index (χ0n) is 12.1. The maximum Gasteiger partial charge on any atom is 0.0224 e. The van der Waals surface area contributed by atoms with Crippen LogP contribution in [0.2, 0.25) is 0 Å². The van der Waals surface area contributed by atoms with E-state index in [0.717, 1.165) is 12.0 Å². The van der Waals surface area contributed by atoms with Crippen molar-refractivity contribution in [3.05, 3.63) is 0 Å².